The molecule has 100 valence electrons. The van der Waals surface area contributed by atoms with Crippen LogP contribution in [0.4, 0.5) is 9.80 Å². The normalized spacial score (nSPS) is 10.9. The summed E-state index contributed by atoms with van der Waals surface area (Å²) in [4.78, 5) is 23.1. The second-order valence-corrected chi connectivity index (χ2v) is 6.84. The minimum absolute atomic E-state index is 0.292. The molecule has 18 heavy (non-hydrogen) atoms. The predicted molar refractivity (Wildman–Crippen MR) is 73.2 cm³/mol. The second-order valence-electron chi connectivity index (χ2n) is 4.41. The van der Waals surface area contributed by atoms with Crippen LogP contribution in [0.25, 0.3) is 0 Å². The highest BCUT2D eigenvalue weighted by Gasteiger charge is 2.21. The first-order valence-electron chi connectivity index (χ1n) is 5.10. The lowest BCUT2D eigenvalue weighted by Crippen LogP contribution is -2.27. The monoisotopic (exact) mass is 335 g/mol. The SMILES string of the molecule is COC(=O)c1cc(Br)sc1NC(=O)OC(C)(C)C. The molecule has 0 aliphatic carbocycles. The molecule has 1 heterocycles. The van der Waals surface area contributed by atoms with Crippen molar-refractivity contribution in [2.24, 2.45) is 0 Å². The number of rotatable bonds is 2. The van der Waals surface area contributed by atoms with Crippen molar-refractivity contribution >= 4 is 44.3 Å². The van der Waals surface area contributed by atoms with Crippen LogP contribution in [-0.2, 0) is 9.47 Å². The molecule has 0 aliphatic heterocycles. The summed E-state index contributed by atoms with van der Waals surface area (Å²) in [5, 5.41) is 2.92. The number of nitrogens with one attached hydrogen (secondary N) is 1. The molecule has 0 radical (unpaired) electrons. The van der Waals surface area contributed by atoms with Crippen LogP contribution in [0.15, 0.2) is 9.85 Å². The van der Waals surface area contributed by atoms with Gasteiger partial charge >= 0.3 is 12.1 Å². The third kappa shape index (κ3) is 4.30. The van der Waals surface area contributed by atoms with E-state index in [4.69, 9.17) is 4.74 Å². The third-order valence-corrected chi connectivity index (χ3v) is 3.28. The zero-order valence-electron chi connectivity index (χ0n) is 10.5. The van der Waals surface area contributed by atoms with E-state index < -0.39 is 17.7 Å². The topological polar surface area (TPSA) is 64.6 Å². The number of carbonyl (C=O) groups excluding carboxylic acids is 2. The number of anilines is 1. The predicted octanol–water partition coefficient (Wildman–Crippen LogP) is 3.64. The Morgan fingerprint density at radius 1 is 1.39 bits per heavy atom. The first-order valence-corrected chi connectivity index (χ1v) is 6.71. The van der Waals surface area contributed by atoms with E-state index in [1.807, 2.05) is 0 Å². The number of esters is 1. The van der Waals surface area contributed by atoms with Gasteiger partial charge < -0.3 is 9.47 Å². The molecule has 0 saturated carbocycles. The van der Waals surface area contributed by atoms with Crippen molar-refractivity contribution in [3.05, 3.63) is 15.4 Å². The Hall–Kier alpha value is -1.08. The first-order chi connectivity index (χ1) is 8.23. The first kappa shape index (κ1) is 15.0. The van der Waals surface area contributed by atoms with Gasteiger partial charge in [0, 0.05) is 0 Å². The maximum atomic E-state index is 11.6. The summed E-state index contributed by atoms with van der Waals surface area (Å²) in [6.45, 7) is 5.29. The lowest BCUT2D eigenvalue weighted by Gasteiger charge is -2.19. The van der Waals surface area contributed by atoms with E-state index in [1.54, 1.807) is 26.8 Å². The number of thiophene rings is 1. The molecule has 0 atom stereocenters. The van der Waals surface area contributed by atoms with Crippen LogP contribution in [0.2, 0.25) is 0 Å². The van der Waals surface area contributed by atoms with E-state index in [2.05, 4.69) is 26.0 Å². The molecule has 0 bridgehead atoms. The van der Waals surface area contributed by atoms with Crippen molar-refractivity contribution in [3.63, 3.8) is 0 Å². The van der Waals surface area contributed by atoms with Crippen molar-refractivity contribution in [1.29, 1.82) is 0 Å². The van der Waals surface area contributed by atoms with Crippen molar-refractivity contribution in [1.82, 2.24) is 0 Å². The number of ether oxygens (including phenoxy) is 2. The molecule has 0 saturated heterocycles. The standard InChI is InChI=1S/C11H14BrNO4S/c1-11(2,3)17-10(15)13-8-6(9(14)16-4)5-7(12)18-8/h5H,1-4H3,(H,13,15). The molecule has 0 fully saturated rings. The largest absolute Gasteiger partial charge is 0.465 e. The smallest absolute Gasteiger partial charge is 0.412 e. The fourth-order valence-corrected chi connectivity index (χ4v) is 2.58. The molecule has 7 heteroatoms. The van der Waals surface area contributed by atoms with Gasteiger partial charge in [-0.05, 0) is 42.8 Å². The second kappa shape index (κ2) is 5.71. The Morgan fingerprint density at radius 3 is 2.50 bits per heavy atom. The highest BCUT2D eigenvalue weighted by molar-refractivity contribution is 9.11. The molecule has 0 aliphatic rings. The summed E-state index contributed by atoms with van der Waals surface area (Å²) in [6, 6.07) is 1.59. The third-order valence-electron chi connectivity index (χ3n) is 1.72. The van der Waals surface area contributed by atoms with E-state index in [0.29, 0.717) is 14.4 Å². The summed E-state index contributed by atoms with van der Waals surface area (Å²) in [7, 11) is 1.28. The van der Waals surface area contributed by atoms with Crippen LogP contribution in [0, 0.1) is 0 Å². The van der Waals surface area contributed by atoms with E-state index in [0.717, 1.165) is 0 Å². The zero-order valence-corrected chi connectivity index (χ0v) is 12.9. The Labute approximate surface area is 118 Å². The van der Waals surface area contributed by atoms with Gasteiger partial charge in [0.05, 0.1) is 16.5 Å². The van der Waals surface area contributed by atoms with Gasteiger partial charge in [-0.15, -0.1) is 11.3 Å². The Balaban J connectivity index is 2.84. The average Bonchev–Trinajstić information content (AvgIpc) is 2.55. The fourth-order valence-electron chi connectivity index (χ4n) is 1.11. The van der Waals surface area contributed by atoms with Crippen molar-refractivity contribution in [3.8, 4) is 0 Å². The van der Waals surface area contributed by atoms with Gasteiger partial charge in [0.1, 0.15) is 10.6 Å². The maximum absolute atomic E-state index is 11.6. The van der Waals surface area contributed by atoms with Gasteiger partial charge in [-0.25, -0.2) is 9.59 Å². The highest BCUT2D eigenvalue weighted by Crippen LogP contribution is 2.32. The number of methoxy groups -OCH3 is 1. The van der Waals surface area contributed by atoms with Gasteiger partial charge in [-0.3, -0.25) is 5.32 Å². The summed E-state index contributed by atoms with van der Waals surface area (Å²) < 4.78 is 10.5. The summed E-state index contributed by atoms with van der Waals surface area (Å²) >= 11 is 4.47. The van der Waals surface area contributed by atoms with E-state index in [9.17, 15) is 9.59 Å². The zero-order chi connectivity index (χ0) is 13.9. The van der Waals surface area contributed by atoms with Crippen LogP contribution >= 0.6 is 27.3 Å². The molecule has 1 amide bonds. The molecular weight excluding hydrogens is 322 g/mol. The van der Waals surface area contributed by atoms with Crippen molar-refractivity contribution in [2.75, 3.05) is 12.4 Å². The van der Waals surface area contributed by atoms with Gasteiger partial charge in [0.25, 0.3) is 0 Å². The molecular formula is C11H14BrNO4S. The highest BCUT2D eigenvalue weighted by atomic mass is 79.9. The Bertz CT molecular complexity index is 464. The van der Waals surface area contributed by atoms with Gasteiger partial charge in [0.15, 0.2) is 0 Å². The molecule has 1 N–H and O–H groups in total. The molecule has 0 spiro atoms. The van der Waals surface area contributed by atoms with Crippen LogP contribution in [0.5, 0.6) is 0 Å². The van der Waals surface area contributed by atoms with Crippen LogP contribution in [0.1, 0.15) is 31.1 Å². The number of halogens is 1. The lowest BCUT2D eigenvalue weighted by atomic mass is 10.2. The minimum atomic E-state index is -0.609. The molecule has 0 aromatic carbocycles. The van der Waals surface area contributed by atoms with Crippen LogP contribution in [-0.4, -0.2) is 24.8 Å². The maximum Gasteiger partial charge on any atom is 0.412 e. The Kier molecular flexibility index (Phi) is 4.75. The average molecular weight is 336 g/mol. The molecule has 0 unspecified atom stereocenters. The van der Waals surface area contributed by atoms with Crippen molar-refractivity contribution < 1.29 is 19.1 Å². The van der Waals surface area contributed by atoms with Crippen LogP contribution < -0.4 is 5.32 Å². The minimum Gasteiger partial charge on any atom is -0.465 e. The summed E-state index contributed by atoms with van der Waals surface area (Å²) in [5.41, 5.74) is -0.301. The van der Waals surface area contributed by atoms with E-state index in [-0.39, 0.29) is 0 Å². The van der Waals surface area contributed by atoms with Gasteiger partial charge in [-0.1, -0.05) is 0 Å². The Morgan fingerprint density at radius 2 is 2.00 bits per heavy atom. The molecule has 1 rings (SSSR count). The van der Waals surface area contributed by atoms with Crippen LogP contribution in [0.3, 0.4) is 0 Å². The fraction of sp³-hybridized carbons (Fsp3) is 0.455. The van der Waals surface area contributed by atoms with E-state index in [1.165, 1.54) is 18.4 Å². The van der Waals surface area contributed by atoms with Gasteiger partial charge in [0.2, 0.25) is 0 Å². The summed E-state index contributed by atoms with van der Waals surface area (Å²) in [6.07, 6.45) is -0.609. The number of hydrogen-bond acceptors (Lipinski definition) is 5. The number of hydrogen-bond donors (Lipinski definition) is 1. The number of carbonyl (C=O) groups is 2. The number of amides is 1. The molecule has 1 aromatic rings. The van der Waals surface area contributed by atoms with Crippen molar-refractivity contribution in [2.45, 2.75) is 26.4 Å². The summed E-state index contributed by atoms with van der Waals surface area (Å²) in [5.74, 6) is -0.511. The molecule has 5 nitrogen and oxygen atoms in total. The molecule has 1 aromatic heterocycles. The van der Waals surface area contributed by atoms with Gasteiger partial charge in [-0.2, -0.15) is 0 Å². The quantitative estimate of drug-likeness (QED) is 0.838. The lowest BCUT2D eigenvalue weighted by molar-refractivity contribution is 0.0602. The van der Waals surface area contributed by atoms with E-state index >= 15 is 0 Å².